The normalized spacial score (nSPS) is 17.0. The second-order valence-electron chi connectivity index (χ2n) is 4.60. The number of likely N-dealkylation sites (N-methyl/N-ethyl adjacent to an activating group) is 1. The van der Waals surface area contributed by atoms with E-state index in [9.17, 15) is 22.4 Å². The lowest BCUT2D eigenvalue weighted by atomic mass is 10.2. The zero-order valence-corrected chi connectivity index (χ0v) is 11.9. The monoisotopic (exact) mass is 316 g/mol. The molecule has 1 saturated heterocycles. The minimum atomic E-state index is -4.17. The van der Waals surface area contributed by atoms with E-state index in [-0.39, 0.29) is 31.1 Å². The van der Waals surface area contributed by atoms with E-state index in [0.717, 1.165) is 16.4 Å². The van der Waals surface area contributed by atoms with E-state index < -0.39 is 26.7 Å². The number of hydrogen-bond acceptors (Lipinski definition) is 4. The fourth-order valence-corrected chi connectivity index (χ4v) is 3.35. The summed E-state index contributed by atoms with van der Waals surface area (Å²) in [6.45, 7) is -0.0868. The van der Waals surface area contributed by atoms with Gasteiger partial charge >= 0.3 is 5.97 Å². The lowest BCUT2D eigenvalue weighted by Gasteiger charge is -2.31. The number of rotatable bonds is 3. The van der Waals surface area contributed by atoms with Crippen LogP contribution in [0, 0.1) is 5.82 Å². The Morgan fingerprint density at radius 3 is 2.52 bits per heavy atom. The Bertz CT molecular complexity index is 704. The highest BCUT2D eigenvalue weighted by Crippen LogP contribution is 2.21. The van der Waals surface area contributed by atoms with Gasteiger partial charge in [-0.25, -0.2) is 17.6 Å². The van der Waals surface area contributed by atoms with Crippen LogP contribution in [0.2, 0.25) is 0 Å². The lowest BCUT2D eigenvalue weighted by Crippen LogP contribution is -2.50. The highest BCUT2D eigenvalue weighted by atomic mass is 32.2. The van der Waals surface area contributed by atoms with Crippen molar-refractivity contribution in [1.82, 2.24) is 9.21 Å². The zero-order valence-electron chi connectivity index (χ0n) is 11.1. The number of carboxylic acids is 1. The number of hydrogen-bond donors (Lipinski definition) is 1. The Labute approximate surface area is 120 Å². The number of halogens is 1. The maximum atomic E-state index is 13.9. The molecule has 1 aromatic carbocycles. The number of carbonyl (C=O) groups excluding carboxylic acids is 1. The third-order valence-corrected chi connectivity index (χ3v) is 5.10. The van der Waals surface area contributed by atoms with E-state index in [2.05, 4.69) is 0 Å². The summed E-state index contributed by atoms with van der Waals surface area (Å²) in [5.41, 5.74) is -0.346. The molecule has 9 heteroatoms. The van der Waals surface area contributed by atoms with Gasteiger partial charge in [0, 0.05) is 20.1 Å². The molecule has 1 fully saturated rings. The van der Waals surface area contributed by atoms with Gasteiger partial charge in [-0.1, -0.05) is 0 Å². The summed E-state index contributed by atoms with van der Waals surface area (Å²) in [6, 6.07) is 2.56. The summed E-state index contributed by atoms with van der Waals surface area (Å²) in [5, 5.41) is 8.74. The van der Waals surface area contributed by atoms with Crippen LogP contribution in [0.3, 0.4) is 0 Å². The Morgan fingerprint density at radius 2 is 2.00 bits per heavy atom. The second kappa shape index (κ2) is 5.41. The van der Waals surface area contributed by atoms with Crippen LogP contribution >= 0.6 is 0 Å². The van der Waals surface area contributed by atoms with Crippen LogP contribution < -0.4 is 0 Å². The molecule has 1 aliphatic heterocycles. The maximum Gasteiger partial charge on any atom is 0.335 e. The molecule has 0 spiro atoms. The third-order valence-electron chi connectivity index (χ3n) is 3.22. The van der Waals surface area contributed by atoms with Crippen LogP contribution in [-0.2, 0) is 14.8 Å². The van der Waals surface area contributed by atoms with Gasteiger partial charge in [0.25, 0.3) is 0 Å². The second-order valence-corrected chi connectivity index (χ2v) is 6.51. The molecule has 1 heterocycles. The van der Waals surface area contributed by atoms with Crippen LogP contribution in [-0.4, -0.2) is 61.3 Å². The molecule has 0 aliphatic carbocycles. The maximum absolute atomic E-state index is 13.9. The van der Waals surface area contributed by atoms with Crippen molar-refractivity contribution >= 4 is 21.9 Å². The van der Waals surface area contributed by atoms with Crippen molar-refractivity contribution in [2.45, 2.75) is 4.90 Å². The number of sulfonamides is 1. The van der Waals surface area contributed by atoms with E-state index in [1.165, 1.54) is 4.90 Å². The molecule has 0 aromatic heterocycles. The van der Waals surface area contributed by atoms with Crippen LogP contribution in [0.25, 0.3) is 0 Å². The van der Waals surface area contributed by atoms with Gasteiger partial charge in [0.2, 0.25) is 15.9 Å². The first-order chi connectivity index (χ1) is 9.73. The molecule has 0 unspecified atom stereocenters. The molecule has 1 N–H and O–H groups in total. The van der Waals surface area contributed by atoms with Crippen LogP contribution in [0.15, 0.2) is 23.1 Å². The first kappa shape index (κ1) is 15.4. The zero-order chi connectivity index (χ0) is 15.8. The molecule has 7 nitrogen and oxygen atoms in total. The Hall–Kier alpha value is -2.00. The summed E-state index contributed by atoms with van der Waals surface area (Å²) >= 11 is 0. The molecule has 1 aliphatic rings. The van der Waals surface area contributed by atoms with Crippen molar-refractivity contribution in [3.8, 4) is 0 Å². The van der Waals surface area contributed by atoms with Crippen LogP contribution in [0.5, 0.6) is 0 Å². The summed E-state index contributed by atoms with van der Waals surface area (Å²) in [5.74, 6) is -2.89. The van der Waals surface area contributed by atoms with Crippen molar-refractivity contribution in [3.05, 3.63) is 29.6 Å². The van der Waals surface area contributed by atoms with Crippen LogP contribution in [0.1, 0.15) is 10.4 Å². The Morgan fingerprint density at radius 1 is 1.33 bits per heavy atom. The molecule has 0 radical (unpaired) electrons. The molecular formula is C12H13FN2O5S. The van der Waals surface area contributed by atoms with E-state index in [4.69, 9.17) is 5.11 Å². The van der Waals surface area contributed by atoms with E-state index in [1.54, 1.807) is 7.05 Å². The van der Waals surface area contributed by atoms with Gasteiger partial charge in [0.05, 0.1) is 12.1 Å². The highest BCUT2D eigenvalue weighted by molar-refractivity contribution is 7.89. The number of carbonyl (C=O) groups is 2. The van der Waals surface area contributed by atoms with Crippen LogP contribution in [0.4, 0.5) is 4.39 Å². The number of nitrogens with zero attached hydrogens (tertiary/aromatic N) is 2. The molecule has 0 bridgehead atoms. The van der Waals surface area contributed by atoms with Gasteiger partial charge in [0.1, 0.15) is 10.7 Å². The first-order valence-electron chi connectivity index (χ1n) is 6.00. The average Bonchev–Trinajstić information content (AvgIpc) is 2.41. The van der Waals surface area contributed by atoms with Crippen molar-refractivity contribution < 1.29 is 27.5 Å². The fraction of sp³-hybridized carbons (Fsp3) is 0.333. The van der Waals surface area contributed by atoms with Gasteiger partial charge in [-0.05, 0) is 18.2 Å². The van der Waals surface area contributed by atoms with Crippen molar-refractivity contribution in [2.24, 2.45) is 0 Å². The number of amides is 1. The smallest absolute Gasteiger partial charge is 0.335 e. The fourth-order valence-electron chi connectivity index (χ4n) is 1.92. The van der Waals surface area contributed by atoms with Crippen molar-refractivity contribution in [1.29, 1.82) is 0 Å². The van der Waals surface area contributed by atoms with E-state index in [1.807, 2.05) is 0 Å². The van der Waals surface area contributed by atoms with Gasteiger partial charge in [-0.2, -0.15) is 4.31 Å². The van der Waals surface area contributed by atoms with Gasteiger partial charge < -0.3 is 10.0 Å². The third kappa shape index (κ3) is 2.88. The quantitative estimate of drug-likeness (QED) is 0.846. The van der Waals surface area contributed by atoms with Crippen molar-refractivity contribution in [2.75, 3.05) is 26.7 Å². The lowest BCUT2D eigenvalue weighted by molar-refractivity contribution is -0.132. The first-order valence-corrected chi connectivity index (χ1v) is 7.44. The molecule has 1 amide bonds. The highest BCUT2D eigenvalue weighted by Gasteiger charge is 2.33. The average molecular weight is 316 g/mol. The number of piperazine rings is 1. The minimum Gasteiger partial charge on any atom is -0.478 e. The molecule has 0 atom stereocenters. The summed E-state index contributed by atoms with van der Waals surface area (Å²) in [4.78, 5) is 23.0. The molecular weight excluding hydrogens is 303 g/mol. The largest absolute Gasteiger partial charge is 0.478 e. The summed E-state index contributed by atoms with van der Waals surface area (Å²) < 4.78 is 39.4. The number of carboxylic acid groups (broad SMARTS) is 1. The summed E-state index contributed by atoms with van der Waals surface area (Å²) in [6.07, 6.45) is 0. The van der Waals surface area contributed by atoms with E-state index in [0.29, 0.717) is 6.07 Å². The van der Waals surface area contributed by atoms with Gasteiger partial charge in [-0.15, -0.1) is 0 Å². The van der Waals surface area contributed by atoms with Gasteiger partial charge in [0.15, 0.2) is 0 Å². The minimum absolute atomic E-state index is 0.0602. The van der Waals surface area contributed by atoms with E-state index >= 15 is 0 Å². The number of aromatic carboxylic acids is 1. The predicted molar refractivity (Wildman–Crippen MR) is 69.8 cm³/mol. The predicted octanol–water partition coefficient (Wildman–Crippen LogP) is -0.0134. The summed E-state index contributed by atoms with van der Waals surface area (Å²) in [7, 11) is -2.62. The Kier molecular flexibility index (Phi) is 3.97. The molecule has 114 valence electrons. The molecule has 0 saturated carbocycles. The topological polar surface area (TPSA) is 95.0 Å². The van der Waals surface area contributed by atoms with Gasteiger partial charge in [-0.3, -0.25) is 4.79 Å². The number of benzene rings is 1. The SMILES string of the molecule is CN1CCN(S(=O)(=O)c2ccc(C(=O)O)cc2F)CC1=O. The molecule has 2 rings (SSSR count). The van der Waals surface area contributed by atoms with Crippen molar-refractivity contribution in [3.63, 3.8) is 0 Å². The standard InChI is InChI=1S/C12H13FN2O5S/c1-14-4-5-15(7-11(14)16)21(19,20)10-3-2-8(12(17)18)6-9(10)13/h2-3,6H,4-5,7H2,1H3,(H,17,18). The Balaban J connectivity index is 2.36. The molecule has 21 heavy (non-hydrogen) atoms. The molecule has 1 aromatic rings.